The van der Waals surface area contributed by atoms with Crippen molar-refractivity contribution in [3.63, 3.8) is 0 Å². The second-order valence-electron chi connectivity index (χ2n) is 3.60. The van der Waals surface area contributed by atoms with Crippen molar-refractivity contribution in [2.24, 2.45) is 5.92 Å². The standard InChI is InChI=1S/C8H15N2.C2H6.Rb/c1-10-5-7-3-2-4-9-8(7)6-10;1-2;/h7-8H,2-6H2,1H3;1-2H3;/q-1;;+1. The molecule has 0 radical (unpaired) electrons. The molecule has 2 fully saturated rings. The Balaban J connectivity index is 0.000000451. The SMILES string of the molecule is CC.CN1CC2CCC[N-]C2C1.[Rb+]. The molecule has 2 aliphatic heterocycles. The molecule has 2 saturated heterocycles. The van der Waals surface area contributed by atoms with E-state index in [1.54, 1.807) is 0 Å². The molecule has 0 aromatic carbocycles. The summed E-state index contributed by atoms with van der Waals surface area (Å²) in [6.45, 7) is 7.62. The number of fused-ring (bicyclic) bond motifs is 1. The Labute approximate surface area is 132 Å². The first-order chi connectivity index (χ1) is 5.86. The van der Waals surface area contributed by atoms with Crippen LogP contribution in [-0.4, -0.2) is 37.6 Å². The molecule has 0 spiro atoms. The number of nitrogens with zero attached hydrogens (tertiary/aromatic N) is 2. The van der Waals surface area contributed by atoms with Crippen LogP contribution in [0.15, 0.2) is 0 Å². The van der Waals surface area contributed by atoms with Crippen molar-refractivity contribution >= 4 is 0 Å². The van der Waals surface area contributed by atoms with Gasteiger partial charge in [-0.1, -0.05) is 26.7 Å². The minimum Gasteiger partial charge on any atom is -0.658 e. The van der Waals surface area contributed by atoms with Gasteiger partial charge in [0.25, 0.3) is 0 Å². The van der Waals surface area contributed by atoms with Crippen molar-refractivity contribution in [1.29, 1.82) is 0 Å². The Morgan fingerprint density at radius 2 is 1.92 bits per heavy atom. The van der Waals surface area contributed by atoms with Crippen LogP contribution in [0.3, 0.4) is 0 Å². The van der Waals surface area contributed by atoms with Gasteiger partial charge in [0.05, 0.1) is 0 Å². The molecule has 2 nitrogen and oxygen atoms in total. The van der Waals surface area contributed by atoms with Crippen LogP contribution in [0.25, 0.3) is 5.32 Å². The van der Waals surface area contributed by atoms with E-state index < -0.39 is 0 Å². The first kappa shape index (κ1) is 14.7. The zero-order valence-electron chi connectivity index (χ0n) is 9.58. The van der Waals surface area contributed by atoms with E-state index in [1.807, 2.05) is 13.8 Å². The van der Waals surface area contributed by atoms with E-state index >= 15 is 0 Å². The average molecular weight is 255 g/mol. The normalized spacial score (nSPS) is 32.5. The summed E-state index contributed by atoms with van der Waals surface area (Å²) in [5.74, 6) is 0.902. The van der Waals surface area contributed by atoms with E-state index in [9.17, 15) is 0 Å². The molecule has 0 aliphatic carbocycles. The van der Waals surface area contributed by atoms with Crippen molar-refractivity contribution in [3.05, 3.63) is 5.32 Å². The van der Waals surface area contributed by atoms with Gasteiger partial charge in [-0.3, -0.25) is 0 Å². The van der Waals surface area contributed by atoms with Crippen molar-refractivity contribution in [2.75, 3.05) is 26.7 Å². The summed E-state index contributed by atoms with van der Waals surface area (Å²) in [5.41, 5.74) is 0. The quantitative estimate of drug-likeness (QED) is 0.549. The van der Waals surface area contributed by atoms with Gasteiger partial charge >= 0.3 is 58.2 Å². The van der Waals surface area contributed by atoms with Crippen LogP contribution in [0.2, 0.25) is 0 Å². The van der Waals surface area contributed by atoms with Crippen LogP contribution in [0.5, 0.6) is 0 Å². The fraction of sp³-hybridized carbons (Fsp3) is 1.00. The Morgan fingerprint density at radius 3 is 2.54 bits per heavy atom. The summed E-state index contributed by atoms with van der Waals surface area (Å²) >= 11 is 0. The molecule has 2 rings (SSSR count). The van der Waals surface area contributed by atoms with Gasteiger partial charge in [-0.15, -0.1) is 12.6 Å². The number of hydrogen-bond donors (Lipinski definition) is 0. The smallest absolute Gasteiger partial charge is 0.658 e. The zero-order chi connectivity index (χ0) is 8.97. The van der Waals surface area contributed by atoms with Gasteiger partial charge in [0, 0.05) is 0 Å². The maximum atomic E-state index is 4.60. The molecule has 13 heavy (non-hydrogen) atoms. The second kappa shape index (κ2) is 7.95. The van der Waals surface area contributed by atoms with E-state index in [0.29, 0.717) is 6.04 Å². The summed E-state index contributed by atoms with van der Waals surface area (Å²) in [5, 5.41) is 4.60. The van der Waals surface area contributed by atoms with E-state index in [2.05, 4.69) is 17.3 Å². The molecule has 72 valence electrons. The van der Waals surface area contributed by atoms with Crippen LogP contribution in [-0.2, 0) is 0 Å². The zero-order valence-corrected chi connectivity index (χ0v) is 14.5. The van der Waals surface area contributed by atoms with E-state index in [4.69, 9.17) is 0 Å². The number of likely N-dealkylation sites (tertiary alicyclic amines) is 1. The van der Waals surface area contributed by atoms with Crippen molar-refractivity contribution < 1.29 is 58.2 Å². The molecular weight excluding hydrogens is 234 g/mol. The summed E-state index contributed by atoms with van der Waals surface area (Å²) < 4.78 is 0. The third-order valence-electron chi connectivity index (χ3n) is 2.69. The summed E-state index contributed by atoms with van der Waals surface area (Å²) in [7, 11) is 2.20. The van der Waals surface area contributed by atoms with Gasteiger partial charge in [0.1, 0.15) is 0 Å². The number of hydrogen-bond acceptors (Lipinski definition) is 1. The fourth-order valence-electron chi connectivity index (χ4n) is 2.17. The Hall–Kier alpha value is 1.73. The van der Waals surface area contributed by atoms with Crippen molar-refractivity contribution in [3.8, 4) is 0 Å². The van der Waals surface area contributed by atoms with Crippen LogP contribution >= 0.6 is 0 Å². The second-order valence-corrected chi connectivity index (χ2v) is 3.60. The predicted molar refractivity (Wildman–Crippen MR) is 53.6 cm³/mol. The first-order valence-corrected chi connectivity index (χ1v) is 5.21. The molecule has 0 bridgehead atoms. The van der Waals surface area contributed by atoms with Gasteiger partial charge in [0.15, 0.2) is 0 Å². The molecule has 2 unspecified atom stereocenters. The molecule has 0 aromatic heterocycles. The average Bonchev–Trinajstić information content (AvgIpc) is 2.48. The topological polar surface area (TPSA) is 17.3 Å². The Morgan fingerprint density at radius 1 is 1.23 bits per heavy atom. The van der Waals surface area contributed by atoms with Crippen LogP contribution in [0.1, 0.15) is 26.7 Å². The van der Waals surface area contributed by atoms with Crippen LogP contribution in [0.4, 0.5) is 0 Å². The van der Waals surface area contributed by atoms with Crippen LogP contribution < -0.4 is 58.2 Å². The van der Waals surface area contributed by atoms with Gasteiger partial charge in [-0.2, -0.15) is 0 Å². The van der Waals surface area contributed by atoms with Gasteiger partial charge in [0.2, 0.25) is 0 Å². The van der Waals surface area contributed by atoms with Gasteiger partial charge in [-0.05, 0) is 26.1 Å². The molecule has 2 heterocycles. The fourth-order valence-corrected chi connectivity index (χ4v) is 2.17. The van der Waals surface area contributed by atoms with E-state index in [0.717, 1.165) is 12.5 Å². The largest absolute Gasteiger partial charge is 1.00 e. The Bertz CT molecular complexity index is 116. The summed E-state index contributed by atoms with van der Waals surface area (Å²) in [6.07, 6.45) is 2.74. The van der Waals surface area contributed by atoms with E-state index in [-0.39, 0.29) is 58.2 Å². The molecule has 3 heteroatoms. The van der Waals surface area contributed by atoms with E-state index in [1.165, 1.54) is 25.9 Å². The van der Waals surface area contributed by atoms with Crippen molar-refractivity contribution in [1.82, 2.24) is 4.90 Å². The summed E-state index contributed by atoms with van der Waals surface area (Å²) in [6, 6.07) is 0.693. The maximum absolute atomic E-state index is 4.60. The van der Waals surface area contributed by atoms with Crippen LogP contribution in [0, 0.1) is 5.92 Å². The number of piperidine rings is 1. The molecule has 0 amide bonds. The third-order valence-corrected chi connectivity index (χ3v) is 2.69. The van der Waals surface area contributed by atoms with Gasteiger partial charge in [-0.25, -0.2) is 0 Å². The minimum atomic E-state index is 0. The molecule has 0 N–H and O–H groups in total. The molecular formula is C10H21N2Rb. The minimum absolute atomic E-state index is 0. The molecule has 2 atom stereocenters. The third kappa shape index (κ3) is 4.39. The maximum Gasteiger partial charge on any atom is 1.00 e. The molecule has 2 aliphatic rings. The molecule has 0 saturated carbocycles. The first-order valence-electron chi connectivity index (χ1n) is 5.21. The number of rotatable bonds is 0. The monoisotopic (exact) mass is 254 g/mol. The predicted octanol–water partition coefficient (Wildman–Crippen LogP) is -0.886. The molecule has 0 aromatic rings. The number of likely N-dealkylation sites (N-methyl/N-ethyl adjacent to an activating group) is 1. The Kier molecular flexibility index (Phi) is 9.00. The van der Waals surface area contributed by atoms with Gasteiger partial charge < -0.3 is 10.2 Å². The van der Waals surface area contributed by atoms with Crippen molar-refractivity contribution in [2.45, 2.75) is 32.7 Å². The summed E-state index contributed by atoms with van der Waals surface area (Å²) in [4.78, 5) is 2.41.